The number of likely N-dealkylation sites (tertiary alicyclic amines) is 1. The first-order chi connectivity index (χ1) is 12.9. The van der Waals surface area contributed by atoms with Gasteiger partial charge in [-0.1, -0.05) is 24.9 Å². The van der Waals surface area contributed by atoms with E-state index in [-0.39, 0.29) is 15.8 Å². The molecule has 2 saturated heterocycles. The molecule has 2 N–H and O–H groups in total. The molecule has 2 heterocycles. The van der Waals surface area contributed by atoms with Crippen LogP contribution in [0, 0.1) is 5.92 Å². The van der Waals surface area contributed by atoms with Gasteiger partial charge in [-0.05, 0) is 49.8 Å². The van der Waals surface area contributed by atoms with Crippen LogP contribution in [0.1, 0.15) is 39.0 Å². The first-order valence-electron chi connectivity index (χ1n) is 9.79. The topological polar surface area (TPSA) is 70.9 Å². The minimum atomic E-state index is -3.64. The van der Waals surface area contributed by atoms with Crippen molar-refractivity contribution in [3.63, 3.8) is 0 Å². The van der Waals surface area contributed by atoms with Gasteiger partial charge in [0.2, 0.25) is 10.0 Å². The number of hydrogen-bond donors (Lipinski definition) is 2. The molecule has 1 aromatic carbocycles. The van der Waals surface area contributed by atoms with Gasteiger partial charge in [0.25, 0.3) is 5.91 Å². The van der Waals surface area contributed by atoms with Crippen LogP contribution in [0.5, 0.6) is 0 Å². The summed E-state index contributed by atoms with van der Waals surface area (Å²) < 4.78 is 27.3. The number of halogens is 1. The lowest BCUT2D eigenvalue weighted by molar-refractivity contribution is -0.897. The van der Waals surface area contributed by atoms with Crippen molar-refractivity contribution >= 4 is 33.2 Å². The second-order valence-corrected chi connectivity index (χ2v) is 10.1. The molecule has 8 heteroatoms. The molecule has 0 bridgehead atoms. The summed E-state index contributed by atoms with van der Waals surface area (Å²) in [6.45, 7) is 5.70. The first kappa shape index (κ1) is 20.6. The molecule has 0 saturated carbocycles. The molecule has 2 aliphatic heterocycles. The highest BCUT2D eigenvalue weighted by atomic mass is 35.5. The van der Waals surface area contributed by atoms with Crippen LogP contribution in [0.15, 0.2) is 23.1 Å². The number of sulfonamides is 1. The highest BCUT2D eigenvalue weighted by Gasteiger charge is 2.28. The molecule has 2 fully saturated rings. The summed E-state index contributed by atoms with van der Waals surface area (Å²) in [5.74, 6) is 0.638. The van der Waals surface area contributed by atoms with Crippen molar-refractivity contribution in [2.45, 2.75) is 43.9 Å². The number of nitrogens with one attached hydrogen (secondary N) is 2. The Morgan fingerprint density at radius 2 is 1.89 bits per heavy atom. The van der Waals surface area contributed by atoms with E-state index in [2.05, 4.69) is 12.2 Å². The zero-order valence-corrected chi connectivity index (χ0v) is 17.4. The van der Waals surface area contributed by atoms with Crippen LogP contribution in [-0.2, 0) is 14.8 Å². The molecule has 0 spiro atoms. The molecule has 0 radical (unpaired) electrons. The van der Waals surface area contributed by atoms with Gasteiger partial charge in [0.15, 0.2) is 6.54 Å². The van der Waals surface area contributed by atoms with E-state index in [0.717, 1.165) is 51.1 Å². The standard InChI is InChI=1S/C19H28ClN3O3S/c1-15-7-11-22(12-8-15)14-19(24)21-16-5-6-17(20)18(13-16)27(25,26)23-9-3-2-4-10-23/h5-6,13,15H,2-4,7-12,14H2,1H3,(H,21,24)/p+1. The van der Waals surface area contributed by atoms with E-state index in [9.17, 15) is 13.2 Å². The fourth-order valence-corrected chi connectivity index (χ4v) is 5.82. The molecule has 0 aliphatic carbocycles. The number of piperidine rings is 2. The average molecular weight is 415 g/mol. The van der Waals surface area contributed by atoms with Gasteiger partial charge in [-0.15, -0.1) is 0 Å². The summed E-state index contributed by atoms with van der Waals surface area (Å²) in [5, 5.41) is 3.03. The summed E-state index contributed by atoms with van der Waals surface area (Å²) in [6, 6.07) is 4.68. The highest BCUT2D eigenvalue weighted by molar-refractivity contribution is 7.89. The molecule has 27 heavy (non-hydrogen) atoms. The van der Waals surface area contributed by atoms with E-state index in [1.165, 1.54) is 15.3 Å². The molecule has 0 aromatic heterocycles. The maximum atomic E-state index is 12.9. The summed E-state index contributed by atoms with van der Waals surface area (Å²) in [5.41, 5.74) is 0.477. The number of carbonyl (C=O) groups is 1. The van der Waals surface area contributed by atoms with Crippen LogP contribution in [0.2, 0.25) is 5.02 Å². The van der Waals surface area contributed by atoms with Crippen LogP contribution in [-0.4, -0.2) is 51.4 Å². The third kappa shape index (κ3) is 5.22. The van der Waals surface area contributed by atoms with Crippen molar-refractivity contribution in [1.29, 1.82) is 0 Å². The number of quaternary nitrogens is 1. The van der Waals surface area contributed by atoms with Crippen molar-refractivity contribution in [3.05, 3.63) is 23.2 Å². The van der Waals surface area contributed by atoms with Gasteiger partial charge in [0, 0.05) is 18.8 Å². The lowest BCUT2D eigenvalue weighted by Crippen LogP contribution is -3.14. The monoisotopic (exact) mass is 414 g/mol. The zero-order chi connectivity index (χ0) is 19.4. The third-order valence-corrected chi connectivity index (χ3v) is 7.92. The Balaban J connectivity index is 1.68. The lowest BCUT2D eigenvalue weighted by Gasteiger charge is -2.27. The minimum Gasteiger partial charge on any atom is -0.327 e. The Bertz CT molecular complexity index is 770. The quantitative estimate of drug-likeness (QED) is 0.771. The molecule has 6 nitrogen and oxygen atoms in total. The molecule has 2 aliphatic rings. The summed E-state index contributed by atoms with van der Waals surface area (Å²) in [6.07, 6.45) is 5.06. The Hall–Kier alpha value is -1.15. The van der Waals surface area contributed by atoms with Gasteiger partial charge in [-0.3, -0.25) is 4.79 Å². The predicted octanol–water partition coefficient (Wildman–Crippen LogP) is 1.77. The van der Waals surface area contributed by atoms with Gasteiger partial charge < -0.3 is 10.2 Å². The van der Waals surface area contributed by atoms with Gasteiger partial charge >= 0.3 is 0 Å². The number of nitrogens with zero attached hydrogens (tertiary/aromatic N) is 1. The van der Waals surface area contributed by atoms with Crippen molar-refractivity contribution in [2.24, 2.45) is 5.92 Å². The van der Waals surface area contributed by atoms with E-state index < -0.39 is 10.0 Å². The fraction of sp³-hybridized carbons (Fsp3) is 0.632. The molecule has 3 rings (SSSR count). The number of rotatable bonds is 5. The molecule has 1 amide bonds. The maximum Gasteiger partial charge on any atom is 0.279 e. The average Bonchev–Trinajstić information content (AvgIpc) is 2.66. The van der Waals surface area contributed by atoms with E-state index in [1.54, 1.807) is 12.1 Å². The SMILES string of the molecule is CC1CC[NH+](CC(=O)Nc2ccc(Cl)c(S(=O)(=O)N3CCCCC3)c2)CC1. The summed E-state index contributed by atoms with van der Waals surface area (Å²) in [4.78, 5) is 13.7. The number of benzene rings is 1. The van der Waals surface area contributed by atoms with E-state index >= 15 is 0 Å². The largest absolute Gasteiger partial charge is 0.327 e. The van der Waals surface area contributed by atoms with E-state index in [0.29, 0.717) is 25.3 Å². The Morgan fingerprint density at radius 1 is 1.22 bits per heavy atom. The second kappa shape index (κ2) is 8.90. The minimum absolute atomic E-state index is 0.0722. The van der Waals surface area contributed by atoms with Gasteiger partial charge in [-0.2, -0.15) is 4.31 Å². The summed E-state index contributed by atoms with van der Waals surface area (Å²) in [7, 11) is -3.64. The van der Waals surface area contributed by atoms with Crippen molar-refractivity contribution in [2.75, 3.05) is 38.0 Å². The lowest BCUT2D eigenvalue weighted by atomic mass is 9.99. The fourth-order valence-electron chi connectivity index (χ4n) is 3.80. The molecular weight excluding hydrogens is 386 g/mol. The van der Waals surface area contributed by atoms with Crippen molar-refractivity contribution in [3.8, 4) is 0 Å². The van der Waals surface area contributed by atoms with Crippen molar-refractivity contribution in [1.82, 2.24) is 4.31 Å². The van der Waals surface area contributed by atoms with Crippen molar-refractivity contribution < 1.29 is 18.1 Å². The highest BCUT2D eigenvalue weighted by Crippen LogP contribution is 2.29. The smallest absolute Gasteiger partial charge is 0.279 e. The zero-order valence-electron chi connectivity index (χ0n) is 15.8. The second-order valence-electron chi connectivity index (χ2n) is 7.77. The molecular formula is C19H29ClN3O3S+. The number of hydrogen-bond acceptors (Lipinski definition) is 3. The molecule has 150 valence electrons. The molecule has 1 aromatic rings. The van der Waals surface area contributed by atoms with Gasteiger partial charge in [0.05, 0.1) is 18.1 Å². The molecule has 0 atom stereocenters. The maximum absolute atomic E-state index is 12.9. The van der Waals surface area contributed by atoms with E-state index in [1.807, 2.05) is 0 Å². The Kier molecular flexibility index (Phi) is 6.78. The molecule has 0 unspecified atom stereocenters. The Morgan fingerprint density at radius 3 is 2.56 bits per heavy atom. The van der Waals surface area contributed by atoms with Crippen LogP contribution in [0.4, 0.5) is 5.69 Å². The summed E-state index contributed by atoms with van der Waals surface area (Å²) >= 11 is 6.18. The normalized spacial score (nSPS) is 24.5. The number of anilines is 1. The number of amides is 1. The third-order valence-electron chi connectivity index (χ3n) is 5.54. The predicted molar refractivity (Wildman–Crippen MR) is 107 cm³/mol. The van der Waals surface area contributed by atoms with Crippen LogP contribution >= 0.6 is 11.6 Å². The van der Waals surface area contributed by atoms with Crippen LogP contribution in [0.3, 0.4) is 0 Å². The Labute approximate surface area is 166 Å². The number of carbonyl (C=O) groups excluding carboxylic acids is 1. The van der Waals surface area contributed by atoms with Crippen LogP contribution < -0.4 is 10.2 Å². The van der Waals surface area contributed by atoms with Gasteiger partial charge in [0.1, 0.15) is 4.90 Å². The van der Waals surface area contributed by atoms with E-state index in [4.69, 9.17) is 11.6 Å². The van der Waals surface area contributed by atoms with Gasteiger partial charge in [-0.25, -0.2) is 8.42 Å². The van der Waals surface area contributed by atoms with Crippen LogP contribution in [0.25, 0.3) is 0 Å². The first-order valence-corrected chi connectivity index (χ1v) is 11.6.